The van der Waals surface area contributed by atoms with Gasteiger partial charge in [0.1, 0.15) is 0 Å². The number of hydrogen-bond donors (Lipinski definition) is 2. The van der Waals surface area contributed by atoms with E-state index < -0.39 is 0 Å². The zero-order chi connectivity index (χ0) is 15.7. The van der Waals surface area contributed by atoms with Crippen LogP contribution in [-0.2, 0) is 4.74 Å². The number of hydrogen-bond acceptors (Lipinski definition) is 5. The fraction of sp³-hybridized carbons (Fsp3) is 0.500. The van der Waals surface area contributed by atoms with E-state index in [1.54, 1.807) is 11.1 Å². The van der Waals surface area contributed by atoms with E-state index >= 15 is 0 Å². The van der Waals surface area contributed by atoms with Crippen molar-refractivity contribution in [2.45, 2.75) is 26.8 Å². The monoisotopic (exact) mass is 321 g/mol. The molecule has 0 aromatic carbocycles. The van der Waals surface area contributed by atoms with Gasteiger partial charge in [0.05, 0.1) is 24.9 Å². The number of rotatable bonds is 2. The van der Waals surface area contributed by atoms with Crippen LogP contribution in [-0.4, -0.2) is 45.9 Å². The second kappa shape index (κ2) is 6.05. The van der Waals surface area contributed by atoms with Crippen molar-refractivity contribution >= 4 is 22.5 Å². The van der Waals surface area contributed by atoms with E-state index in [4.69, 9.17) is 4.74 Å². The van der Waals surface area contributed by atoms with Gasteiger partial charge in [0.2, 0.25) is 0 Å². The normalized spacial score (nSPS) is 18.5. The Morgan fingerprint density at radius 1 is 1.50 bits per heavy atom. The summed E-state index contributed by atoms with van der Waals surface area (Å²) in [6.07, 6.45) is 1.75. The summed E-state index contributed by atoms with van der Waals surface area (Å²) in [5, 5.41) is 10.7. The summed E-state index contributed by atoms with van der Waals surface area (Å²) in [4.78, 5) is 19.6. The van der Waals surface area contributed by atoms with E-state index in [-0.39, 0.29) is 12.1 Å². The second-order valence-corrected chi connectivity index (χ2v) is 6.57. The Morgan fingerprint density at radius 2 is 2.32 bits per heavy atom. The minimum absolute atomic E-state index is 0.131. The molecule has 2 aromatic heterocycles. The molecule has 7 nitrogen and oxygen atoms in total. The van der Waals surface area contributed by atoms with Gasteiger partial charge in [0, 0.05) is 28.9 Å². The number of urea groups is 1. The van der Waals surface area contributed by atoms with Crippen LogP contribution in [0, 0.1) is 20.8 Å². The average molecular weight is 321 g/mol. The summed E-state index contributed by atoms with van der Waals surface area (Å²) < 4.78 is 5.57. The Bertz CT molecular complexity index is 661. The summed E-state index contributed by atoms with van der Waals surface area (Å²) in [5.41, 5.74) is 2.90. The van der Waals surface area contributed by atoms with Crippen LogP contribution in [0.1, 0.15) is 27.9 Å². The van der Waals surface area contributed by atoms with E-state index in [1.165, 1.54) is 11.3 Å². The van der Waals surface area contributed by atoms with Crippen molar-refractivity contribution in [2.24, 2.45) is 0 Å². The molecule has 2 amide bonds. The van der Waals surface area contributed by atoms with Crippen molar-refractivity contribution in [1.82, 2.24) is 20.1 Å². The number of aromatic nitrogens is 3. The molecule has 22 heavy (non-hydrogen) atoms. The van der Waals surface area contributed by atoms with Crippen LogP contribution >= 0.6 is 11.3 Å². The number of aromatic amines is 1. The molecule has 2 aromatic rings. The van der Waals surface area contributed by atoms with Gasteiger partial charge < -0.3 is 9.64 Å². The molecule has 3 rings (SSSR count). The standard InChI is InChI=1S/C14H19N5O2S/c1-8-6-15-13(22-8)16-14(20)19-4-5-21-7-11(19)12-9(2)17-18-10(12)3/h6,11H,4-5,7H2,1-3H3,(H,17,18)(H,15,16,20)/t11-/m1/s1. The minimum atomic E-state index is -0.150. The van der Waals surface area contributed by atoms with Crippen LogP contribution < -0.4 is 5.32 Å². The highest BCUT2D eigenvalue weighted by Crippen LogP contribution is 2.29. The molecular weight excluding hydrogens is 302 g/mol. The van der Waals surface area contributed by atoms with Crippen molar-refractivity contribution in [2.75, 3.05) is 25.1 Å². The SMILES string of the molecule is Cc1cnc(NC(=O)N2CCOC[C@@H]2c2c(C)n[nH]c2C)s1. The Balaban J connectivity index is 1.82. The number of morpholine rings is 1. The lowest BCUT2D eigenvalue weighted by atomic mass is 10.0. The van der Waals surface area contributed by atoms with Crippen molar-refractivity contribution in [1.29, 1.82) is 0 Å². The average Bonchev–Trinajstić information content (AvgIpc) is 3.05. The third kappa shape index (κ3) is 2.84. The topological polar surface area (TPSA) is 83.1 Å². The van der Waals surface area contributed by atoms with Gasteiger partial charge in [0.15, 0.2) is 5.13 Å². The quantitative estimate of drug-likeness (QED) is 0.889. The lowest BCUT2D eigenvalue weighted by Gasteiger charge is -2.35. The molecule has 8 heteroatoms. The number of thiazole rings is 1. The number of carbonyl (C=O) groups excluding carboxylic acids is 1. The number of amides is 2. The molecule has 118 valence electrons. The minimum Gasteiger partial charge on any atom is -0.377 e. The predicted octanol–water partition coefficient (Wildman–Crippen LogP) is 2.40. The van der Waals surface area contributed by atoms with Gasteiger partial charge in [-0.15, -0.1) is 11.3 Å². The molecule has 1 aliphatic heterocycles. The van der Waals surface area contributed by atoms with Crippen LogP contribution in [0.2, 0.25) is 0 Å². The summed E-state index contributed by atoms with van der Waals surface area (Å²) in [6, 6.07) is -0.281. The highest BCUT2D eigenvalue weighted by Gasteiger charge is 2.32. The van der Waals surface area contributed by atoms with Crippen molar-refractivity contribution in [3.8, 4) is 0 Å². The summed E-state index contributed by atoms with van der Waals surface area (Å²) in [7, 11) is 0. The molecule has 0 unspecified atom stereocenters. The molecule has 0 spiro atoms. The predicted molar refractivity (Wildman–Crippen MR) is 84.2 cm³/mol. The zero-order valence-corrected chi connectivity index (χ0v) is 13.7. The number of nitrogens with zero attached hydrogens (tertiary/aromatic N) is 3. The van der Waals surface area contributed by atoms with Gasteiger partial charge in [-0.1, -0.05) is 0 Å². The first-order valence-corrected chi connectivity index (χ1v) is 7.97. The molecular formula is C14H19N5O2S. The highest BCUT2D eigenvalue weighted by molar-refractivity contribution is 7.15. The van der Waals surface area contributed by atoms with Crippen molar-refractivity contribution < 1.29 is 9.53 Å². The van der Waals surface area contributed by atoms with E-state index in [0.29, 0.717) is 24.9 Å². The van der Waals surface area contributed by atoms with Crippen LogP contribution in [0.4, 0.5) is 9.93 Å². The van der Waals surface area contributed by atoms with Crippen molar-refractivity contribution in [3.05, 3.63) is 28.0 Å². The number of aryl methyl sites for hydroxylation is 3. The second-order valence-electron chi connectivity index (χ2n) is 5.34. The van der Waals surface area contributed by atoms with Gasteiger partial charge in [-0.05, 0) is 20.8 Å². The van der Waals surface area contributed by atoms with Crippen LogP contribution in [0.5, 0.6) is 0 Å². The number of carbonyl (C=O) groups is 1. The molecule has 1 fully saturated rings. The fourth-order valence-electron chi connectivity index (χ4n) is 2.71. The number of nitrogens with one attached hydrogen (secondary N) is 2. The molecule has 2 N–H and O–H groups in total. The largest absolute Gasteiger partial charge is 0.377 e. The first-order valence-electron chi connectivity index (χ1n) is 7.15. The molecule has 1 atom stereocenters. The van der Waals surface area contributed by atoms with Crippen LogP contribution in [0.3, 0.4) is 0 Å². The Morgan fingerprint density at radius 3 is 2.95 bits per heavy atom. The zero-order valence-electron chi connectivity index (χ0n) is 12.8. The van der Waals surface area contributed by atoms with Gasteiger partial charge in [-0.25, -0.2) is 9.78 Å². The molecule has 0 bridgehead atoms. The number of H-pyrrole nitrogens is 1. The maximum absolute atomic E-state index is 12.6. The van der Waals surface area contributed by atoms with Gasteiger partial charge in [0.25, 0.3) is 0 Å². The lowest BCUT2D eigenvalue weighted by molar-refractivity contribution is 0.0143. The van der Waals surface area contributed by atoms with Crippen molar-refractivity contribution in [3.63, 3.8) is 0 Å². The third-order valence-electron chi connectivity index (χ3n) is 3.74. The van der Waals surface area contributed by atoms with Gasteiger partial charge in [-0.3, -0.25) is 10.4 Å². The Labute approximate surface area is 132 Å². The first-order chi connectivity index (χ1) is 10.6. The maximum Gasteiger partial charge on any atom is 0.324 e. The Hall–Kier alpha value is -1.93. The molecule has 1 aliphatic rings. The lowest BCUT2D eigenvalue weighted by Crippen LogP contribution is -2.45. The smallest absolute Gasteiger partial charge is 0.324 e. The molecule has 3 heterocycles. The van der Waals surface area contributed by atoms with E-state index in [1.807, 2.05) is 20.8 Å². The van der Waals surface area contributed by atoms with Gasteiger partial charge in [-0.2, -0.15) is 5.10 Å². The number of ether oxygens (including phenoxy) is 1. The highest BCUT2D eigenvalue weighted by atomic mass is 32.1. The molecule has 0 saturated carbocycles. The van der Waals surface area contributed by atoms with Gasteiger partial charge >= 0.3 is 6.03 Å². The Kier molecular flexibility index (Phi) is 4.12. The van der Waals surface area contributed by atoms with E-state index in [0.717, 1.165) is 21.8 Å². The number of anilines is 1. The maximum atomic E-state index is 12.6. The van der Waals surface area contributed by atoms with E-state index in [2.05, 4.69) is 20.5 Å². The first kappa shape index (κ1) is 15.0. The summed E-state index contributed by atoms with van der Waals surface area (Å²) in [5.74, 6) is 0. The summed E-state index contributed by atoms with van der Waals surface area (Å²) >= 11 is 1.47. The van der Waals surface area contributed by atoms with E-state index in [9.17, 15) is 4.79 Å². The van der Waals surface area contributed by atoms with Crippen LogP contribution in [0.15, 0.2) is 6.20 Å². The van der Waals surface area contributed by atoms with Crippen LogP contribution in [0.25, 0.3) is 0 Å². The summed E-state index contributed by atoms with van der Waals surface area (Å²) in [6.45, 7) is 7.42. The molecule has 0 aliphatic carbocycles. The third-order valence-corrected chi connectivity index (χ3v) is 4.57. The fourth-order valence-corrected chi connectivity index (χ4v) is 3.37. The molecule has 0 radical (unpaired) electrons. The molecule has 1 saturated heterocycles.